The zero-order valence-corrected chi connectivity index (χ0v) is 10.4. The van der Waals surface area contributed by atoms with E-state index >= 15 is 0 Å². The SMILES string of the molecule is CC(C)CNC(=O)CCNCc1cncnc1. The van der Waals surface area contributed by atoms with E-state index in [-0.39, 0.29) is 5.91 Å². The van der Waals surface area contributed by atoms with Crippen molar-refractivity contribution >= 4 is 5.91 Å². The molecule has 0 saturated carbocycles. The quantitative estimate of drug-likeness (QED) is 0.685. The van der Waals surface area contributed by atoms with Crippen LogP contribution in [0.5, 0.6) is 0 Å². The number of nitrogens with one attached hydrogen (secondary N) is 2. The molecular formula is C12H20N4O. The van der Waals surface area contributed by atoms with Crippen LogP contribution in [-0.2, 0) is 11.3 Å². The van der Waals surface area contributed by atoms with E-state index < -0.39 is 0 Å². The molecule has 0 fully saturated rings. The van der Waals surface area contributed by atoms with Crippen molar-refractivity contribution in [2.45, 2.75) is 26.8 Å². The Kier molecular flexibility index (Phi) is 6.17. The van der Waals surface area contributed by atoms with Crippen molar-refractivity contribution < 1.29 is 4.79 Å². The Hall–Kier alpha value is -1.49. The van der Waals surface area contributed by atoms with Gasteiger partial charge in [0.2, 0.25) is 5.91 Å². The van der Waals surface area contributed by atoms with Crippen LogP contribution in [0.4, 0.5) is 0 Å². The van der Waals surface area contributed by atoms with Crippen LogP contribution < -0.4 is 10.6 Å². The van der Waals surface area contributed by atoms with Gasteiger partial charge < -0.3 is 10.6 Å². The number of hydrogen-bond donors (Lipinski definition) is 2. The summed E-state index contributed by atoms with van der Waals surface area (Å²) in [6.45, 7) is 6.25. The third-order valence-corrected chi connectivity index (χ3v) is 2.18. The topological polar surface area (TPSA) is 66.9 Å². The first-order valence-corrected chi connectivity index (χ1v) is 5.89. The molecule has 1 heterocycles. The lowest BCUT2D eigenvalue weighted by Crippen LogP contribution is -2.30. The van der Waals surface area contributed by atoms with Crippen LogP contribution in [0.25, 0.3) is 0 Å². The van der Waals surface area contributed by atoms with Gasteiger partial charge in [-0.05, 0) is 5.92 Å². The van der Waals surface area contributed by atoms with Gasteiger partial charge in [0, 0.05) is 44.0 Å². The van der Waals surface area contributed by atoms with E-state index in [0.29, 0.717) is 25.4 Å². The van der Waals surface area contributed by atoms with Gasteiger partial charge in [0.15, 0.2) is 0 Å². The van der Waals surface area contributed by atoms with E-state index in [1.807, 2.05) is 0 Å². The fraction of sp³-hybridized carbons (Fsp3) is 0.583. The first-order chi connectivity index (χ1) is 8.18. The minimum Gasteiger partial charge on any atom is -0.356 e. The normalized spacial score (nSPS) is 10.5. The first-order valence-electron chi connectivity index (χ1n) is 5.89. The molecule has 1 aromatic heterocycles. The van der Waals surface area contributed by atoms with Crippen LogP contribution in [-0.4, -0.2) is 29.0 Å². The molecule has 2 N–H and O–H groups in total. The van der Waals surface area contributed by atoms with E-state index in [1.165, 1.54) is 6.33 Å². The van der Waals surface area contributed by atoms with Crippen molar-refractivity contribution in [3.05, 3.63) is 24.3 Å². The molecule has 0 atom stereocenters. The molecule has 1 rings (SSSR count). The number of nitrogens with zero attached hydrogens (tertiary/aromatic N) is 2. The Morgan fingerprint density at radius 1 is 1.35 bits per heavy atom. The largest absolute Gasteiger partial charge is 0.356 e. The van der Waals surface area contributed by atoms with Crippen LogP contribution >= 0.6 is 0 Å². The highest BCUT2D eigenvalue weighted by atomic mass is 16.1. The average Bonchev–Trinajstić information content (AvgIpc) is 2.33. The van der Waals surface area contributed by atoms with Crippen molar-refractivity contribution in [3.8, 4) is 0 Å². The molecule has 1 amide bonds. The zero-order chi connectivity index (χ0) is 12.5. The van der Waals surface area contributed by atoms with Gasteiger partial charge in [-0.3, -0.25) is 4.79 Å². The number of amides is 1. The van der Waals surface area contributed by atoms with Crippen molar-refractivity contribution in [1.82, 2.24) is 20.6 Å². The van der Waals surface area contributed by atoms with Crippen LogP contribution in [0.1, 0.15) is 25.8 Å². The zero-order valence-electron chi connectivity index (χ0n) is 10.4. The Bertz CT molecular complexity index is 327. The van der Waals surface area contributed by atoms with Gasteiger partial charge in [-0.1, -0.05) is 13.8 Å². The molecule has 5 nitrogen and oxygen atoms in total. The predicted octanol–water partition coefficient (Wildman–Crippen LogP) is 0.728. The lowest BCUT2D eigenvalue weighted by molar-refractivity contribution is -0.121. The maximum atomic E-state index is 11.4. The van der Waals surface area contributed by atoms with Gasteiger partial charge in [-0.2, -0.15) is 0 Å². The molecule has 0 saturated heterocycles. The second-order valence-electron chi connectivity index (χ2n) is 4.37. The fourth-order valence-electron chi connectivity index (χ4n) is 1.26. The second-order valence-corrected chi connectivity index (χ2v) is 4.37. The van der Waals surface area contributed by atoms with Crippen molar-refractivity contribution in [1.29, 1.82) is 0 Å². The van der Waals surface area contributed by atoms with Gasteiger partial charge in [0.1, 0.15) is 6.33 Å². The highest BCUT2D eigenvalue weighted by Crippen LogP contribution is 1.92. The Morgan fingerprint density at radius 2 is 2.06 bits per heavy atom. The highest BCUT2D eigenvalue weighted by Gasteiger charge is 2.01. The number of carbonyl (C=O) groups is 1. The summed E-state index contributed by atoms with van der Waals surface area (Å²) >= 11 is 0. The number of carbonyl (C=O) groups excluding carboxylic acids is 1. The molecule has 17 heavy (non-hydrogen) atoms. The summed E-state index contributed by atoms with van der Waals surface area (Å²) in [5.74, 6) is 0.587. The van der Waals surface area contributed by atoms with E-state index in [2.05, 4.69) is 34.4 Å². The van der Waals surface area contributed by atoms with Crippen molar-refractivity contribution in [2.24, 2.45) is 5.92 Å². The van der Waals surface area contributed by atoms with Gasteiger partial charge in [-0.25, -0.2) is 9.97 Å². The Labute approximate surface area is 102 Å². The molecule has 0 aliphatic rings. The standard InChI is InChI=1S/C12H20N4O/c1-10(2)5-16-12(17)3-4-13-6-11-7-14-9-15-8-11/h7-10,13H,3-6H2,1-2H3,(H,16,17). The van der Waals surface area contributed by atoms with Gasteiger partial charge in [-0.15, -0.1) is 0 Å². The molecule has 0 aromatic carbocycles. The molecule has 94 valence electrons. The van der Waals surface area contributed by atoms with E-state index in [1.54, 1.807) is 12.4 Å². The first kappa shape index (κ1) is 13.6. The lowest BCUT2D eigenvalue weighted by Gasteiger charge is -2.08. The van der Waals surface area contributed by atoms with Crippen molar-refractivity contribution in [3.63, 3.8) is 0 Å². The van der Waals surface area contributed by atoms with Crippen LogP contribution in [0.3, 0.4) is 0 Å². The minimum absolute atomic E-state index is 0.0931. The maximum absolute atomic E-state index is 11.4. The monoisotopic (exact) mass is 236 g/mol. The molecule has 0 radical (unpaired) electrons. The molecular weight excluding hydrogens is 216 g/mol. The summed E-state index contributed by atoms with van der Waals surface area (Å²) in [5.41, 5.74) is 1.02. The summed E-state index contributed by atoms with van der Waals surface area (Å²) in [7, 11) is 0. The predicted molar refractivity (Wildman–Crippen MR) is 66.2 cm³/mol. The Balaban J connectivity index is 2.06. The van der Waals surface area contributed by atoms with Crippen LogP contribution in [0.2, 0.25) is 0 Å². The number of aromatic nitrogens is 2. The molecule has 0 bridgehead atoms. The lowest BCUT2D eigenvalue weighted by atomic mass is 10.2. The summed E-state index contributed by atoms with van der Waals surface area (Å²) in [6.07, 6.45) is 5.53. The molecule has 0 unspecified atom stereocenters. The Morgan fingerprint density at radius 3 is 2.71 bits per heavy atom. The van der Waals surface area contributed by atoms with Crippen LogP contribution in [0.15, 0.2) is 18.7 Å². The van der Waals surface area contributed by atoms with E-state index in [0.717, 1.165) is 12.1 Å². The third-order valence-electron chi connectivity index (χ3n) is 2.18. The highest BCUT2D eigenvalue weighted by molar-refractivity contribution is 5.76. The summed E-state index contributed by atoms with van der Waals surface area (Å²) in [5, 5.41) is 6.06. The van der Waals surface area contributed by atoms with Gasteiger partial charge in [0.25, 0.3) is 0 Å². The second kappa shape index (κ2) is 7.73. The minimum atomic E-state index is 0.0931. The molecule has 0 aliphatic carbocycles. The summed E-state index contributed by atoms with van der Waals surface area (Å²) < 4.78 is 0. The van der Waals surface area contributed by atoms with E-state index in [9.17, 15) is 4.79 Å². The number of rotatable bonds is 7. The van der Waals surface area contributed by atoms with E-state index in [4.69, 9.17) is 0 Å². The molecule has 1 aromatic rings. The molecule has 0 aliphatic heterocycles. The molecule has 0 spiro atoms. The number of hydrogen-bond acceptors (Lipinski definition) is 4. The molecule has 5 heteroatoms. The average molecular weight is 236 g/mol. The van der Waals surface area contributed by atoms with Gasteiger partial charge in [0.05, 0.1) is 0 Å². The maximum Gasteiger partial charge on any atom is 0.221 e. The van der Waals surface area contributed by atoms with Gasteiger partial charge >= 0.3 is 0 Å². The van der Waals surface area contributed by atoms with Crippen LogP contribution in [0, 0.1) is 5.92 Å². The van der Waals surface area contributed by atoms with Crippen molar-refractivity contribution in [2.75, 3.05) is 13.1 Å². The summed E-state index contributed by atoms with van der Waals surface area (Å²) in [6, 6.07) is 0. The third kappa shape index (κ3) is 6.63. The smallest absolute Gasteiger partial charge is 0.221 e. The fourth-order valence-corrected chi connectivity index (χ4v) is 1.26. The summed E-state index contributed by atoms with van der Waals surface area (Å²) in [4.78, 5) is 19.2.